The number of aromatic nitrogens is 3. The van der Waals surface area contributed by atoms with Crippen LogP contribution in [0, 0.1) is 13.8 Å². The molecule has 2 heterocycles. The van der Waals surface area contributed by atoms with E-state index < -0.39 is 0 Å². The SMILES string of the molecule is Cc1cc(C(=O)COc2ncnc3c(Cl)cc(Cl)cc23)c(C)n1-c1ccc(Cl)cc1. The lowest BCUT2D eigenvalue weighted by Gasteiger charge is -2.10. The maximum Gasteiger partial charge on any atom is 0.225 e. The number of nitrogens with zero attached hydrogens (tertiary/aromatic N) is 3. The Kier molecular flexibility index (Phi) is 5.69. The standard InChI is InChI=1S/C22H16Cl3N3O2/c1-12-7-17(13(2)28(12)16-5-3-14(23)4-6-16)20(29)10-30-22-18-8-15(24)9-19(25)21(18)26-11-27-22/h3-9,11H,10H2,1-2H3. The molecule has 5 nitrogen and oxygen atoms in total. The van der Waals surface area contributed by atoms with Crippen molar-refractivity contribution in [1.82, 2.24) is 14.5 Å². The minimum Gasteiger partial charge on any atom is -0.469 e. The van der Waals surface area contributed by atoms with E-state index in [9.17, 15) is 4.79 Å². The second-order valence-electron chi connectivity index (χ2n) is 6.77. The molecule has 0 aliphatic carbocycles. The molecule has 0 saturated heterocycles. The van der Waals surface area contributed by atoms with Gasteiger partial charge in [-0.3, -0.25) is 4.79 Å². The Morgan fingerprint density at radius 1 is 1.00 bits per heavy atom. The summed E-state index contributed by atoms with van der Waals surface area (Å²) in [5.41, 5.74) is 3.78. The fourth-order valence-electron chi connectivity index (χ4n) is 3.43. The summed E-state index contributed by atoms with van der Waals surface area (Å²) in [6.45, 7) is 3.66. The summed E-state index contributed by atoms with van der Waals surface area (Å²) in [7, 11) is 0. The Morgan fingerprint density at radius 3 is 2.47 bits per heavy atom. The van der Waals surface area contributed by atoms with E-state index in [1.165, 1.54) is 6.33 Å². The molecule has 30 heavy (non-hydrogen) atoms. The number of carbonyl (C=O) groups excluding carboxylic acids is 1. The number of Topliss-reactive ketones (excluding diaryl/α,β-unsaturated/α-hetero) is 1. The van der Waals surface area contributed by atoms with Crippen molar-refractivity contribution in [3.63, 3.8) is 0 Å². The second-order valence-corrected chi connectivity index (χ2v) is 8.05. The maximum atomic E-state index is 12.9. The Labute approximate surface area is 188 Å². The molecule has 0 radical (unpaired) electrons. The molecule has 4 aromatic rings. The lowest BCUT2D eigenvalue weighted by atomic mass is 10.1. The van der Waals surface area contributed by atoms with Gasteiger partial charge in [0.2, 0.25) is 11.7 Å². The minimum atomic E-state index is -0.179. The van der Waals surface area contributed by atoms with E-state index in [0.717, 1.165) is 17.1 Å². The van der Waals surface area contributed by atoms with Gasteiger partial charge in [0.05, 0.1) is 15.9 Å². The molecule has 2 aromatic heterocycles. The van der Waals surface area contributed by atoms with E-state index in [1.54, 1.807) is 12.1 Å². The summed E-state index contributed by atoms with van der Waals surface area (Å²) in [5.74, 6) is 0.0902. The number of halogens is 3. The van der Waals surface area contributed by atoms with Gasteiger partial charge in [-0.25, -0.2) is 9.97 Å². The molecule has 0 N–H and O–H groups in total. The van der Waals surface area contributed by atoms with Crippen molar-refractivity contribution in [3.8, 4) is 11.6 Å². The van der Waals surface area contributed by atoms with E-state index in [0.29, 0.717) is 31.5 Å². The van der Waals surface area contributed by atoms with Crippen molar-refractivity contribution in [2.24, 2.45) is 0 Å². The normalized spacial score (nSPS) is 11.1. The Hall–Kier alpha value is -2.60. The highest BCUT2D eigenvalue weighted by atomic mass is 35.5. The number of ketones is 1. The zero-order valence-electron chi connectivity index (χ0n) is 16.1. The topological polar surface area (TPSA) is 57.0 Å². The summed E-state index contributed by atoms with van der Waals surface area (Å²) < 4.78 is 7.73. The highest BCUT2D eigenvalue weighted by Crippen LogP contribution is 2.31. The van der Waals surface area contributed by atoms with Crippen molar-refractivity contribution in [3.05, 3.63) is 80.8 Å². The molecule has 0 amide bonds. The van der Waals surface area contributed by atoms with Gasteiger partial charge < -0.3 is 9.30 Å². The smallest absolute Gasteiger partial charge is 0.225 e. The van der Waals surface area contributed by atoms with Crippen LogP contribution in [0.1, 0.15) is 21.7 Å². The van der Waals surface area contributed by atoms with Crippen molar-refractivity contribution in [2.45, 2.75) is 13.8 Å². The average Bonchev–Trinajstić information content (AvgIpc) is 3.01. The summed E-state index contributed by atoms with van der Waals surface area (Å²) in [5, 5.41) is 2.03. The van der Waals surface area contributed by atoms with Crippen molar-refractivity contribution in [1.29, 1.82) is 0 Å². The first-order valence-electron chi connectivity index (χ1n) is 9.06. The fraction of sp³-hybridized carbons (Fsp3) is 0.136. The molecule has 0 spiro atoms. The monoisotopic (exact) mass is 459 g/mol. The zero-order chi connectivity index (χ0) is 21.4. The molecular weight excluding hydrogens is 445 g/mol. The summed E-state index contributed by atoms with van der Waals surface area (Å²) >= 11 is 18.3. The Bertz CT molecular complexity index is 1270. The molecule has 0 bridgehead atoms. The van der Waals surface area contributed by atoms with Gasteiger partial charge in [0.1, 0.15) is 6.33 Å². The van der Waals surface area contributed by atoms with Gasteiger partial charge >= 0.3 is 0 Å². The van der Waals surface area contributed by atoms with Crippen LogP contribution < -0.4 is 4.74 Å². The molecule has 4 rings (SSSR count). The zero-order valence-corrected chi connectivity index (χ0v) is 18.4. The van der Waals surface area contributed by atoms with Gasteiger partial charge in [-0.1, -0.05) is 34.8 Å². The highest BCUT2D eigenvalue weighted by Gasteiger charge is 2.18. The Morgan fingerprint density at radius 2 is 1.73 bits per heavy atom. The predicted molar refractivity (Wildman–Crippen MR) is 120 cm³/mol. The van der Waals surface area contributed by atoms with Crippen LogP contribution in [0.15, 0.2) is 48.8 Å². The van der Waals surface area contributed by atoms with E-state index in [-0.39, 0.29) is 18.3 Å². The van der Waals surface area contributed by atoms with Crippen LogP contribution in [0.2, 0.25) is 15.1 Å². The molecule has 0 saturated carbocycles. The lowest BCUT2D eigenvalue weighted by Crippen LogP contribution is -2.13. The molecular formula is C22H16Cl3N3O2. The number of hydrogen-bond donors (Lipinski definition) is 0. The lowest BCUT2D eigenvalue weighted by molar-refractivity contribution is 0.0918. The number of carbonyl (C=O) groups is 1. The second kappa shape index (κ2) is 8.26. The molecule has 152 valence electrons. The van der Waals surface area contributed by atoms with E-state index >= 15 is 0 Å². The van der Waals surface area contributed by atoms with Crippen LogP contribution in [0.3, 0.4) is 0 Å². The summed E-state index contributed by atoms with van der Waals surface area (Å²) in [6.07, 6.45) is 1.34. The Balaban J connectivity index is 1.61. The third-order valence-corrected chi connectivity index (χ3v) is 5.54. The van der Waals surface area contributed by atoms with Crippen molar-refractivity contribution < 1.29 is 9.53 Å². The van der Waals surface area contributed by atoms with Gasteiger partial charge in [0.25, 0.3) is 0 Å². The first-order chi connectivity index (χ1) is 14.3. The molecule has 0 aliphatic rings. The third kappa shape index (κ3) is 3.88. The highest BCUT2D eigenvalue weighted by molar-refractivity contribution is 6.38. The van der Waals surface area contributed by atoms with Gasteiger partial charge in [-0.05, 0) is 56.3 Å². The average molecular weight is 461 g/mol. The number of aryl methyl sites for hydroxylation is 1. The van der Waals surface area contributed by atoms with Gasteiger partial charge in [-0.15, -0.1) is 0 Å². The van der Waals surface area contributed by atoms with E-state index in [4.69, 9.17) is 39.5 Å². The van der Waals surface area contributed by atoms with Crippen LogP contribution in [-0.4, -0.2) is 26.9 Å². The number of benzene rings is 2. The number of hydrogen-bond acceptors (Lipinski definition) is 4. The molecule has 0 fully saturated rings. The van der Waals surface area contributed by atoms with Crippen LogP contribution in [0.4, 0.5) is 0 Å². The molecule has 2 aromatic carbocycles. The summed E-state index contributed by atoms with van der Waals surface area (Å²) in [4.78, 5) is 21.2. The first-order valence-corrected chi connectivity index (χ1v) is 10.2. The first kappa shape index (κ1) is 20.7. The predicted octanol–water partition coefficient (Wildman–Crippen LogP) is 6.26. The summed E-state index contributed by atoms with van der Waals surface area (Å²) in [6, 6.07) is 12.6. The molecule has 0 atom stereocenters. The van der Waals surface area contributed by atoms with Crippen LogP contribution in [-0.2, 0) is 0 Å². The minimum absolute atomic E-state index is 0.164. The van der Waals surface area contributed by atoms with E-state index in [2.05, 4.69) is 9.97 Å². The maximum absolute atomic E-state index is 12.9. The van der Waals surface area contributed by atoms with Crippen molar-refractivity contribution in [2.75, 3.05) is 6.61 Å². The quantitative estimate of drug-likeness (QED) is 0.330. The van der Waals surface area contributed by atoms with Gasteiger partial charge in [-0.2, -0.15) is 0 Å². The third-order valence-electron chi connectivity index (χ3n) is 4.78. The van der Waals surface area contributed by atoms with E-state index in [1.807, 2.05) is 48.7 Å². The van der Waals surface area contributed by atoms with Gasteiger partial charge in [0.15, 0.2) is 6.61 Å². The van der Waals surface area contributed by atoms with Crippen molar-refractivity contribution >= 4 is 51.5 Å². The number of rotatable bonds is 5. The van der Waals surface area contributed by atoms with Crippen LogP contribution in [0.25, 0.3) is 16.6 Å². The van der Waals surface area contributed by atoms with Crippen LogP contribution >= 0.6 is 34.8 Å². The van der Waals surface area contributed by atoms with Gasteiger partial charge in [0, 0.05) is 32.7 Å². The molecule has 0 aliphatic heterocycles. The fourth-order valence-corrected chi connectivity index (χ4v) is 4.10. The number of ether oxygens (including phenoxy) is 1. The molecule has 8 heteroatoms. The molecule has 0 unspecified atom stereocenters. The largest absolute Gasteiger partial charge is 0.469 e. The number of fused-ring (bicyclic) bond motifs is 1. The van der Waals surface area contributed by atoms with Crippen LogP contribution in [0.5, 0.6) is 5.88 Å².